The molecule has 0 heterocycles. The Labute approximate surface area is 179 Å². The predicted octanol–water partition coefficient (Wildman–Crippen LogP) is 3.37. The molecule has 0 aromatic heterocycles. The first kappa shape index (κ1) is 23.2. The Hall–Kier alpha value is -2.08. The van der Waals surface area contributed by atoms with Crippen molar-refractivity contribution >= 4 is 24.0 Å². The summed E-state index contributed by atoms with van der Waals surface area (Å²) in [5.41, 5.74) is 3.58. The fourth-order valence-electron chi connectivity index (χ4n) is 3.59. The summed E-state index contributed by atoms with van der Waals surface area (Å²) in [6.45, 7) is 2.35. The number of nitrogens with one attached hydrogen (secondary N) is 1. The third-order valence-electron chi connectivity index (χ3n) is 5.34. The number of nitrogens with zero attached hydrogens (tertiary/aromatic N) is 1. The number of hydrogen-bond acceptors (Lipinski definition) is 4. The topological polar surface area (TPSA) is 61.8 Å². The van der Waals surface area contributed by atoms with E-state index in [2.05, 4.69) is 17.4 Å². The summed E-state index contributed by atoms with van der Waals surface area (Å²) in [4.78, 5) is 13.3. The Bertz CT molecular complexity index is 785. The van der Waals surface area contributed by atoms with E-state index in [1.807, 2.05) is 36.4 Å². The summed E-state index contributed by atoms with van der Waals surface area (Å²) < 4.78 is 5.63. The maximum Gasteiger partial charge on any atom is 0.223 e. The molecule has 0 saturated carbocycles. The van der Waals surface area contributed by atoms with Crippen LogP contribution in [0.2, 0.25) is 0 Å². The second-order valence-corrected chi connectivity index (χ2v) is 7.51. The number of ether oxygens (including phenoxy) is 1. The lowest BCUT2D eigenvalue weighted by atomic mass is 10.0. The lowest BCUT2D eigenvalue weighted by molar-refractivity contribution is -0.116. The molecule has 1 aliphatic carbocycles. The second-order valence-electron chi connectivity index (χ2n) is 7.51. The highest BCUT2D eigenvalue weighted by atomic mass is 35.5. The normalized spacial score (nSPS) is 16.7. The molecule has 1 aliphatic rings. The third-order valence-corrected chi connectivity index (χ3v) is 5.34. The van der Waals surface area contributed by atoms with Crippen molar-refractivity contribution in [2.24, 2.45) is 0 Å². The van der Waals surface area contributed by atoms with Gasteiger partial charge in [0.2, 0.25) is 5.91 Å². The van der Waals surface area contributed by atoms with Crippen molar-refractivity contribution in [3.8, 4) is 5.75 Å². The van der Waals surface area contributed by atoms with Crippen molar-refractivity contribution in [3.63, 3.8) is 0 Å². The molecular weight excluding hydrogens is 388 g/mol. The van der Waals surface area contributed by atoms with Crippen LogP contribution in [0.15, 0.2) is 48.5 Å². The number of carbonyl (C=O) groups excluding carboxylic acids is 1. The first-order chi connectivity index (χ1) is 13.5. The Morgan fingerprint density at radius 3 is 2.72 bits per heavy atom. The fraction of sp³-hybridized carbons (Fsp3) is 0.435. The number of hydrogen-bond donors (Lipinski definition) is 2. The van der Waals surface area contributed by atoms with Gasteiger partial charge in [0, 0.05) is 32.2 Å². The molecule has 6 heteroatoms. The molecule has 2 aromatic rings. The molecular formula is C23H31ClN2O3. The van der Waals surface area contributed by atoms with Gasteiger partial charge >= 0.3 is 0 Å². The number of amides is 1. The Balaban J connectivity index is 0.00000300. The molecule has 2 N–H and O–H groups in total. The molecule has 29 heavy (non-hydrogen) atoms. The van der Waals surface area contributed by atoms with Gasteiger partial charge < -0.3 is 20.1 Å². The summed E-state index contributed by atoms with van der Waals surface area (Å²) in [6.07, 6.45) is 3.58. The maximum absolute atomic E-state index is 11.7. The average Bonchev–Trinajstić information content (AvgIpc) is 2.92. The van der Waals surface area contributed by atoms with E-state index in [0.29, 0.717) is 12.6 Å². The standard InChI is InChI=1S/C23H30N2O3.ClH/c1-17(26)25(2)21-12-11-18-7-6-8-20(13-19(18)14-21)24-15-22(27)16-28-23-9-4-3-5-10-23;/h3-5,9-12,14,20,22,24,27H,6-8,13,15-16H2,1-2H3;1H/t20?,22-;/m0./s1. The number of carbonyl (C=O) groups is 1. The summed E-state index contributed by atoms with van der Waals surface area (Å²) in [6, 6.07) is 16.2. The molecule has 0 saturated heterocycles. The number of halogens is 1. The minimum absolute atomic E-state index is 0. The lowest BCUT2D eigenvalue weighted by Gasteiger charge is -2.21. The largest absolute Gasteiger partial charge is 0.491 e. The van der Waals surface area contributed by atoms with E-state index in [0.717, 1.165) is 37.1 Å². The summed E-state index contributed by atoms with van der Waals surface area (Å²) >= 11 is 0. The molecule has 3 rings (SSSR count). The predicted molar refractivity (Wildman–Crippen MR) is 119 cm³/mol. The van der Waals surface area contributed by atoms with Crippen LogP contribution in [0, 0.1) is 0 Å². The van der Waals surface area contributed by atoms with Crippen molar-refractivity contribution in [3.05, 3.63) is 59.7 Å². The van der Waals surface area contributed by atoms with Crippen molar-refractivity contribution in [1.82, 2.24) is 5.32 Å². The molecule has 1 unspecified atom stereocenters. The van der Waals surface area contributed by atoms with Crippen molar-refractivity contribution in [2.75, 3.05) is 25.1 Å². The molecule has 2 atom stereocenters. The zero-order chi connectivity index (χ0) is 19.9. The van der Waals surface area contributed by atoms with Crippen molar-refractivity contribution in [2.45, 2.75) is 44.8 Å². The first-order valence-electron chi connectivity index (χ1n) is 9.98. The number of anilines is 1. The van der Waals surface area contributed by atoms with Crippen LogP contribution >= 0.6 is 12.4 Å². The summed E-state index contributed by atoms with van der Waals surface area (Å²) in [5, 5.41) is 13.8. The Morgan fingerprint density at radius 1 is 1.24 bits per heavy atom. The molecule has 0 fully saturated rings. The molecule has 5 nitrogen and oxygen atoms in total. The summed E-state index contributed by atoms with van der Waals surface area (Å²) in [5.74, 6) is 0.803. The Morgan fingerprint density at radius 2 is 2.00 bits per heavy atom. The number of benzene rings is 2. The van der Waals surface area contributed by atoms with Crippen LogP contribution in [-0.4, -0.2) is 43.4 Å². The first-order valence-corrected chi connectivity index (χ1v) is 9.98. The SMILES string of the molecule is CC(=O)N(C)c1ccc2c(c1)CC(NC[C@H](O)COc1ccccc1)CCC2.Cl. The van der Waals surface area contributed by atoms with E-state index in [1.54, 1.807) is 18.9 Å². The van der Waals surface area contributed by atoms with E-state index in [-0.39, 0.29) is 24.9 Å². The van der Waals surface area contributed by atoms with Gasteiger partial charge in [0.15, 0.2) is 0 Å². The summed E-state index contributed by atoms with van der Waals surface area (Å²) in [7, 11) is 1.81. The van der Waals surface area contributed by atoms with Gasteiger partial charge in [-0.1, -0.05) is 24.3 Å². The number of para-hydroxylation sites is 1. The molecule has 1 amide bonds. The highest BCUT2D eigenvalue weighted by Gasteiger charge is 2.19. The van der Waals surface area contributed by atoms with Crippen LogP contribution in [0.3, 0.4) is 0 Å². The quantitative estimate of drug-likeness (QED) is 0.677. The minimum atomic E-state index is -0.557. The van der Waals surface area contributed by atoms with E-state index < -0.39 is 6.10 Å². The van der Waals surface area contributed by atoms with Crippen molar-refractivity contribution < 1.29 is 14.6 Å². The highest BCUT2D eigenvalue weighted by molar-refractivity contribution is 5.91. The number of aliphatic hydroxyl groups excluding tert-OH is 1. The smallest absolute Gasteiger partial charge is 0.223 e. The van der Waals surface area contributed by atoms with Gasteiger partial charge in [0.1, 0.15) is 18.5 Å². The van der Waals surface area contributed by atoms with Crippen LogP contribution in [0.1, 0.15) is 30.9 Å². The van der Waals surface area contributed by atoms with Gasteiger partial charge in [-0.25, -0.2) is 0 Å². The van der Waals surface area contributed by atoms with Gasteiger partial charge in [-0.3, -0.25) is 4.79 Å². The number of fused-ring (bicyclic) bond motifs is 1. The van der Waals surface area contributed by atoms with Crippen LogP contribution in [0.4, 0.5) is 5.69 Å². The molecule has 0 radical (unpaired) electrons. The third kappa shape index (κ3) is 6.74. The molecule has 2 aromatic carbocycles. The van der Waals surface area contributed by atoms with Gasteiger partial charge in [-0.2, -0.15) is 0 Å². The maximum atomic E-state index is 11.7. The Kier molecular flexibility index (Phi) is 8.96. The van der Waals surface area contributed by atoms with Crippen molar-refractivity contribution in [1.29, 1.82) is 0 Å². The van der Waals surface area contributed by atoms with Crippen LogP contribution in [0.25, 0.3) is 0 Å². The highest BCUT2D eigenvalue weighted by Crippen LogP contribution is 2.25. The van der Waals surface area contributed by atoms with E-state index in [4.69, 9.17) is 4.74 Å². The fourth-order valence-corrected chi connectivity index (χ4v) is 3.59. The average molecular weight is 419 g/mol. The van der Waals surface area contributed by atoms with Gasteiger partial charge in [-0.05, 0) is 61.1 Å². The van der Waals surface area contributed by atoms with Gasteiger partial charge in [0.05, 0.1) is 0 Å². The second kappa shape index (κ2) is 11.2. The number of aliphatic hydroxyl groups is 1. The van der Waals surface area contributed by atoms with Crippen LogP contribution < -0.4 is 15.0 Å². The zero-order valence-corrected chi connectivity index (χ0v) is 18.0. The monoisotopic (exact) mass is 418 g/mol. The van der Waals surface area contributed by atoms with Crippen LogP contribution in [0.5, 0.6) is 5.75 Å². The van der Waals surface area contributed by atoms with Gasteiger partial charge in [0.25, 0.3) is 0 Å². The van der Waals surface area contributed by atoms with E-state index in [9.17, 15) is 9.90 Å². The van der Waals surface area contributed by atoms with E-state index in [1.165, 1.54) is 11.1 Å². The number of rotatable bonds is 7. The lowest BCUT2D eigenvalue weighted by Crippen LogP contribution is -2.39. The minimum Gasteiger partial charge on any atom is -0.491 e. The van der Waals surface area contributed by atoms with Crippen LogP contribution in [-0.2, 0) is 17.6 Å². The zero-order valence-electron chi connectivity index (χ0n) is 17.1. The number of aryl methyl sites for hydroxylation is 1. The molecule has 158 valence electrons. The molecule has 0 bridgehead atoms. The van der Waals surface area contributed by atoms with Gasteiger partial charge in [-0.15, -0.1) is 12.4 Å². The molecule has 0 aliphatic heterocycles. The molecule has 0 spiro atoms. The van der Waals surface area contributed by atoms with E-state index >= 15 is 0 Å².